The standard InChI is InChI=1S/C19H25N5O3S/c1-3-26-18(27-4-2)13-24-12-15(22-23-24)19(25)20-11-7-10-17-21-14-8-5-6-9-16(14)28-17/h5-6,8-9,12,18H,3-4,7,10-11,13H2,1-2H3,(H,20,25). The van der Waals surface area contributed by atoms with Gasteiger partial charge in [-0.3, -0.25) is 4.79 Å². The molecule has 3 aromatic rings. The Morgan fingerprint density at radius 2 is 2.04 bits per heavy atom. The maximum Gasteiger partial charge on any atom is 0.273 e. The molecule has 0 spiro atoms. The molecule has 9 heteroatoms. The van der Waals surface area contributed by atoms with Crippen molar-refractivity contribution in [2.24, 2.45) is 0 Å². The van der Waals surface area contributed by atoms with E-state index in [0.717, 1.165) is 23.4 Å². The molecule has 0 fully saturated rings. The predicted molar refractivity (Wildman–Crippen MR) is 107 cm³/mol. The number of para-hydroxylation sites is 1. The second kappa shape index (κ2) is 10.3. The lowest BCUT2D eigenvalue weighted by atomic mass is 10.3. The number of ether oxygens (including phenoxy) is 2. The summed E-state index contributed by atoms with van der Waals surface area (Å²) in [7, 11) is 0. The van der Waals surface area contributed by atoms with Gasteiger partial charge in [0.25, 0.3) is 5.91 Å². The van der Waals surface area contributed by atoms with Crippen LogP contribution in [-0.2, 0) is 22.4 Å². The van der Waals surface area contributed by atoms with Crippen molar-refractivity contribution in [2.45, 2.75) is 39.5 Å². The van der Waals surface area contributed by atoms with Crippen molar-refractivity contribution in [3.8, 4) is 0 Å². The lowest BCUT2D eigenvalue weighted by molar-refractivity contribution is -0.145. The van der Waals surface area contributed by atoms with Gasteiger partial charge in [0.2, 0.25) is 0 Å². The summed E-state index contributed by atoms with van der Waals surface area (Å²) < 4.78 is 13.7. The zero-order valence-corrected chi connectivity index (χ0v) is 16.9. The summed E-state index contributed by atoms with van der Waals surface area (Å²) in [4.78, 5) is 16.8. The molecule has 8 nitrogen and oxygen atoms in total. The smallest absolute Gasteiger partial charge is 0.273 e. The van der Waals surface area contributed by atoms with E-state index in [-0.39, 0.29) is 11.6 Å². The average Bonchev–Trinajstić information content (AvgIpc) is 3.32. The molecule has 2 heterocycles. The summed E-state index contributed by atoms with van der Waals surface area (Å²) in [6.07, 6.45) is 2.85. The van der Waals surface area contributed by atoms with Crippen LogP contribution in [-0.4, -0.2) is 51.9 Å². The molecule has 0 atom stereocenters. The second-order valence-corrected chi connectivity index (χ2v) is 7.22. The Morgan fingerprint density at radius 1 is 1.25 bits per heavy atom. The third-order valence-corrected chi connectivity index (χ3v) is 5.10. The Labute approximate surface area is 167 Å². The highest BCUT2D eigenvalue weighted by molar-refractivity contribution is 7.18. The topological polar surface area (TPSA) is 91.2 Å². The molecule has 0 unspecified atom stereocenters. The van der Waals surface area contributed by atoms with Crippen molar-refractivity contribution in [3.63, 3.8) is 0 Å². The number of fused-ring (bicyclic) bond motifs is 1. The normalized spacial score (nSPS) is 11.4. The number of aryl methyl sites for hydroxylation is 1. The Kier molecular flexibility index (Phi) is 7.46. The van der Waals surface area contributed by atoms with E-state index in [2.05, 4.69) is 26.7 Å². The van der Waals surface area contributed by atoms with Crippen LogP contribution in [0.1, 0.15) is 35.8 Å². The van der Waals surface area contributed by atoms with Crippen molar-refractivity contribution in [3.05, 3.63) is 41.2 Å². The van der Waals surface area contributed by atoms with E-state index in [1.165, 1.54) is 4.70 Å². The molecule has 150 valence electrons. The van der Waals surface area contributed by atoms with Crippen molar-refractivity contribution >= 4 is 27.5 Å². The zero-order valence-electron chi connectivity index (χ0n) is 16.1. The first-order valence-electron chi connectivity index (χ1n) is 9.45. The quantitative estimate of drug-likeness (QED) is 0.391. The monoisotopic (exact) mass is 403 g/mol. The molecule has 0 radical (unpaired) electrons. The number of hydrogen-bond donors (Lipinski definition) is 1. The maximum absolute atomic E-state index is 12.2. The number of hydrogen-bond acceptors (Lipinski definition) is 7. The molecular formula is C19H25N5O3S. The van der Waals surface area contributed by atoms with Gasteiger partial charge in [0.15, 0.2) is 12.0 Å². The highest BCUT2D eigenvalue weighted by atomic mass is 32.1. The molecule has 0 bridgehead atoms. The van der Waals surface area contributed by atoms with Crippen LogP contribution < -0.4 is 5.32 Å². The molecular weight excluding hydrogens is 378 g/mol. The summed E-state index contributed by atoms with van der Waals surface area (Å²) in [5.41, 5.74) is 1.31. The summed E-state index contributed by atoms with van der Waals surface area (Å²) >= 11 is 1.70. The maximum atomic E-state index is 12.2. The fourth-order valence-electron chi connectivity index (χ4n) is 2.73. The molecule has 0 aliphatic heterocycles. The van der Waals surface area contributed by atoms with Gasteiger partial charge in [-0.1, -0.05) is 17.3 Å². The number of nitrogens with zero attached hydrogens (tertiary/aromatic N) is 4. The van der Waals surface area contributed by atoms with Crippen LogP contribution in [0.5, 0.6) is 0 Å². The number of carbonyl (C=O) groups is 1. The molecule has 0 aliphatic carbocycles. The van der Waals surface area contributed by atoms with Crippen LogP contribution in [0.3, 0.4) is 0 Å². The fraction of sp³-hybridized carbons (Fsp3) is 0.474. The van der Waals surface area contributed by atoms with Gasteiger partial charge in [-0.25, -0.2) is 9.67 Å². The number of benzene rings is 1. The summed E-state index contributed by atoms with van der Waals surface area (Å²) in [5, 5.41) is 11.9. The Balaban J connectivity index is 1.44. The SMILES string of the molecule is CCOC(Cn1cc(C(=O)NCCCc2nc3ccccc3s2)nn1)OCC. The van der Waals surface area contributed by atoms with E-state index in [1.54, 1.807) is 22.2 Å². The molecule has 1 aromatic carbocycles. The molecule has 3 rings (SSSR count). The molecule has 1 N–H and O–H groups in total. The van der Waals surface area contributed by atoms with Gasteiger partial charge in [0, 0.05) is 26.2 Å². The minimum absolute atomic E-state index is 0.236. The van der Waals surface area contributed by atoms with Crippen LogP contribution in [0.25, 0.3) is 10.2 Å². The van der Waals surface area contributed by atoms with Gasteiger partial charge in [0.05, 0.1) is 28.0 Å². The molecule has 2 aromatic heterocycles. The number of carbonyl (C=O) groups excluding carboxylic acids is 1. The Bertz CT molecular complexity index is 855. The summed E-state index contributed by atoms with van der Waals surface area (Å²) in [6.45, 7) is 5.84. The zero-order chi connectivity index (χ0) is 19.8. The highest BCUT2D eigenvalue weighted by Crippen LogP contribution is 2.22. The van der Waals surface area contributed by atoms with Crippen molar-refractivity contribution in [1.29, 1.82) is 0 Å². The molecule has 0 aliphatic rings. The van der Waals surface area contributed by atoms with Crippen LogP contribution in [0.15, 0.2) is 30.5 Å². The number of rotatable bonds is 11. The van der Waals surface area contributed by atoms with E-state index < -0.39 is 6.29 Å². The van der Waals surface area contributed by atoms with Gasteiger partial charge in [-0.05, 0) is 32.4 Å². The Hall–Kier alpha value is -2.36. The number of thiazole rings is 1. The van der Waals surface area contributed by atoms with Gasteiger partial charge in [0.1, 0.15) is 0 Å². The first kappa shape index (κ1) is 20.4. The first-order valence-corrected chi connectivity index (χ1v) is 10.3. The van der Waals surface area contributed by atoms with Crippen LogP contribution in [0.2, 0.25) is 0 Å². The minimum Gasteiger partial charge on any atom is -0.351 e. The van der Waals surface area contributed by atoms with E-state index in [0.29, 0.717) is 26.3 Å². The van der Waals surface area contributed by atoms with Gasteiger partial charge >= 0.3 is 0 Å². The largest absolute Gasteiger partial charge is 0.351 e. The first-order chi connectivity index (χ1) is 13.7. The fourth-order valence-corrected chi connectivity index (χ4v) is 3.74. The number of amides is 1. The lowest BCUT2D eigenvalue weighted by Crippen LogP contribution is -2.25. The third kappa shape index (κ3) is 5.57. The highest BCUT2D eigenvalue weighted by Gasteiger charge is 2.14. The summed E-state index contributed by atoms with van der Waals surface area (Å²) in [5.74, 6) is -0.236. The predicted octanol–water partition coefficient (Wildman–Crippen LogP) is 2.65. The molecule has 0 saturated heterocycles. The van der Waals surface area contributed by atoms with E-state index in [9.17, 15) is 4.79 Å². The minimum atomic E-state index is -0.401. The van der Waals surface area contributed by atoms with Crippen molar-refractivity contribution in [2.75, 3.05) is 19.8 Å². The molecule has 28 heavy (non-hydrogen) atoms. The lowest BCUT2D eigenvalue weighted by Gasteiger charge is -2.16. The second-order valence-electron chi connectivity index (χ2n) is 6.10. The Morgan fingerprint density at radius 3 is 2.79 bits per heavy atom. The molecule has 0 saturated carbocycles. The third-order valence-electron chi connectivity index (χ3n) is 4.00. The van der Waals surface area contributed by atoms with Gasteiger partial charge < -0.3 is 14.8 Å². The number of nitrogens with one attached hydrogen (secondary N) is 1. The van der Waals surface area contributed by atoms with Gasteiger partial charge in [-0.15, -0.1) is 16.4 Å². The van der Waals surface area contributed by atoms with E-state index in [1.807, 2.05) is 32.0 Å². The van der Waals surface area contributed by atoms with Crippen LogP contribution in [0.4, 0.5) is 0 Å². The van der Waals surface area contributed by atoms with Crippen molar-refractivity contribution < 1.29 is 14.3 Å². The summed E-state index contributed by atoms with van der Waals surface area (Å²) in [6, 6.07) is 8.10. The number of aromatic nitrogens is 4. The van der Waals surface area contributed by atoms with E-state index in [4.69, 9.17) is 9.47 Å². The van der Waals surface area contributed by atoms with Crippen LogP contribution >= 0.6 is 11.3 Å². The molecule has 1 amide bonds. The van der Waals surface area contributed by atoms with Crippen LogP contribution in [0, 0.1) is 0 Å². The van der Waals surface area contributed by atoms with E-state index >= 15 is 0 Å². The average molecular weight is 404 g/mol. The van der Waals surface area contributed by atoms with Gasteiger partial charge in [-0.2, -0.15) is 0 Å². The van der Waals surface area contributed by atoms with Crippen molar-refractivity contribution in [1.82, 2.24) is 25.3 Å².